The lowest BCUT2D eigenvalue weighted by atomic mass is 9.92. The van der Waals surface area contributed by atoms with Gasteiger partial charge in [-0.1, -0.05) is 30.3 Å². The molecule has 0 spiro atoms. The van der Waals surface area contributed by atoms with Crippen LogP contribution < -0.4 is 0 Å². The number of halogens is 3. The van der Waals surface area contributed by atoms with Crippen LogP contribution in [0, 0.1) is 0 Å². The lowest BCUT2D eigenvalue weighted by Gasteiger charge is -2.31. The van der Waals surface area contributed by atoms with Crippen molar-refractivity contribution in [1.29, 1.82) is 0 Å². The zero-order valence-corrected chi connectivity index (χ0v) is 15.4. The Labute approximate surface area is 161 Å². The molecule has 3 aromatic rings. The molecule has 5 nitrogen and oxygen atoms in total. The Morgan fingerprint density at radius 1 is 1.07 bits per heavy atom. The minimum absolute atomic E-state index is 0.00937. The van der Waals surface area contributed by atoms with Gasteiger partial charge in [-0.25, -0.2) is 4.98 Å². The third-order valence-electron chi connectivity index (χ3n) is 5.35. The van der Waals surface area contributed by atoms with Gasteiger partial charge in [-0.05, 0) is 56.9 Å². The molecule has 0 aliphatic carbocycles. The number of hydrogen-bond acceptors (Lipinski definition) is 4. The maximum Gasteiger partial charge on any atom is 0.433 e. The number of fused-ring (bicyclic) bond motifs is 1. The first-order chi connectivity index (χ1) is 13.5. The molecule has 0 N–H and O–H groups in total. The van der Waals surface area contributed by atoms with Crippen LogP contribution in [0.2, 0.25) is 0 Å². The van der Waals surface area contributed by atoms with Gasteiger partial charge in [0.2, 0.25) is 0 Å². The Morgan fingerprint density at radius 3 is 2.54 bits per heavy atom. The molecule has 0 radical (unpaired) electrons. The number of rotatable bonds is 5. The summed E-state index contributed by atoms with van der Waals surface area (Å²) in [5.74, 6) is 0.0308. The van der Waals surface area contributed by atoms with E-state index in [1.54, 1.807) is 0 Å². The van der Waals surface area contributed by atoms with E-state index in [0.29, 0.717) is 5.69 Å². The molecule has 0 unspecified atom stereocenters. The summed E-state index contributed by atoms with van der Waals surface area (Å²) in [4.78, 5) is 10.6. The Morgan fingerprint density at radius 2 is 1.82 bits per heavy atom. The molecular weight excluding hydrogens is 367 g/mol. The quantitative estimate of drug-likeness (QED) is 0.663. The molecule has 1 fully saturated rings. The van der Waals surface area contributed by atoms with E-state index in [4.69, 9.17) is 0 Å². The van der Waals surface area contributed by atoms with Gasteiger partial charge in [-0.3, -0.25) is 0 Å². The fourth-order valence-corrected chi connectivity index (χ4v) is 3.85. The lowest BCUT2D eigenvalue weighted by Crippen LogP contribution is -2.34. The fourth-order valence-electron chi connectivity index (χ4n) is 3.85. The van der Waals surface area contributed by atoms with Crippen molar-refractivity contribution in [3.8, 4) is 0 Å². The maximum atomic E-state index is 13.4. The summed E-state index contributed by atoms with van der Waals surface area (Å²) >= 11 is 0. The molecule has 8 heteroatoms. The van der Waals surface area contributed by atoms with Crippen molar-refractivity contribution in [3.63, 3.8) is 0 Å². The highest BCUT2D eigenvalue weighted by Crippen LogP contribution is 2.33. The maximum absolute atomic E-state index is 13.4. The lowest BCUT2D eigenvalue weighted by molar-refractivity contribution is -0.142. The third-order valence-corrected chi connectivity index (χ3v) is 5.35. The minimum atomic E-state index is -4.48. The minimum Gasteiger partial charge on any atom is -0.303 e. The smallest absolute Gasteiger partial charge is 0.303 e. The molecule has 2 aromatic heterocycles. The predicted octanol–water partition coefficient (Wildman–Crippen LogP) is 3.96. The molecule has 0 atom stereocenters. The molecule has 28 heavy (non-hydrogen) atoms. The average molecular weight is 389 g/mol. The topological polar surface area (TPSA) is 46.3 Å². The van der Waals surface area contributed by atoms with Crippen molar-refractivity contribution in [2.24, 2.45) is 0 Å². The highest BCUT2D eigenvalue weighted by atomic mass is 19.4. The van der Waals surface area contributed by atoms with Gasteiger partial charge in [0, 0.05) is 11.6 Å². The molecule has 1 aromatic carbocycles. The van der Waals surface area contributed by atoms with Gasteiger partial charge in [0.15, 0.2) is 5.69 Å². The molecule has 0 bridgehead atoms. The Hall–Kier alpha value is -2.48. The van der Waals surface area contributed by atoms with E-state index in [0.717, 1.165) is 62.2 Å². The van der Waals surface area contributed by atoms with Crippen LogP contribution in [0.3, 0.4) is 0 Å². The summed E-state index contributed by atoms with van der Waals surface area (Å²) in [6.07, 6.45) is 0.357. The van der Waals surface area contributed by atoms with E-state index in [1.165, 1.54) is 5.56 Å². The van der Waals surface area contributed by atoms with E-state index >= 15 is 0 Å². The number of likely N-dealkylation sites (tertiary alicyclic amines) is 1. The summed E-state index contributed by atoms with van der Waals surface area (Å²) in [6.45, 7) is 2.76. The van der Waals surface area contributed by atoms with Gasteiger partial charge in [-0.2, -0.15) is 27.8 Å². The summed E-state index contributed by atoms with van der Waals surface area (Å²) < 4.78 is 40.8. The SMILES string of the molecule is FC(F)(F)c1cc(C2CCN(CCCc3ccccc3)CC2)nc2ncnn12. The monoisotopic (exact) mass is 389 g/mol. The van der Waals surface area contributed by atoms with Crippen molar-refractivity contribution in [2.75, 3.05) is 19.6 Å². The number of alkyl halides is 3. The second-order valence-corrected chi connectivity index (χ2v) is 7.24. The first-order valence-electron chi connectivity index (χ1n) is 9.55. The van der Waals surface area contributed by atoms with Crippen LogP contribution in [0.1, 0.15) is 42.1 Å². The molecular formula is C20H22F3N5. The van der Waals surface area contributed by atoms with E-state index in [2.05, 4.69) is 44.2 Å². The fraction of sp³-hybridized carbons (Fsp3) is 0.450. The van der Waals surface area contributed by atoms with Crippen LogP contribution in [0.4, 0.5) is 13.2 Å². The molecule has 4 rings (SSSR count). The van der Waals surface area contributed by atoms with Crippen LogP contribution in [0.25, 0.3) is 5.78 Å². The van der Waals surface area contributed by atoms with Gasteiger partial charge in [0.25, 0.3) is 5.78 Å². The largest absolute Gasteiger partial charge is 0.433 e. The molecule has 3 heterocycles. The van der Waals surface area contributed by atoms with Crippen molar-refractivity contribution in [1.82, 2.24) is 24.5 Å². The summed E-state index contributed by atoms with van der Waals surface area (Å²) in [5.41, 5.74) is 0.995. The number of hydrogen-bond donors (Lipinski definition) is 0. The summed E-state index contributed by atoms with van der Waals surface area (Å²) in [7, 11) is 0. The molecule has 0 amide bonds. The van der Waals surface area contributed by atoms with Crippen LogP contribution in [0.15, 0.2) is 42.7 Å². The van der Waals surface area contributed by atoms with Gasteiger partial charge < -0.3 is 4.90 Å². The first kappa shape index (κ1) is 18.9. The van der Waals surface area contributed by atoms with Gasteiger partial charge >= 0.3 is 6.18 Å². The molecule has 0 saturated carbocycles. The highest BCUT2D eigenvalue weighted by Gasteiger charge is 2.36. The second-order valence-electron chi connectivity index (χ2n) is 7.24. The predicted molar refractivity (Wildman–Crippen MR) is 99.0 cm³/mol. The van der Waals surface area contributed by atoms with Gasteiger partial charge in [0.1, 0.15) is 6.33 Å². The van der Waals surface area contributed by atoms with Crippen molar-refractivity contribution in [3.05, 3.63) is 59.7 Å². The van der Waals surface area contributed by atoms with E-state index in [1.807, 2.05) is 6.07 Å². The zero-order chi connectivity index (χ0) is 19.6. The number of aryl methyl sites for hydroxylation is 1. The van der Waals surface area contributed by atoms with Gasteiger partial charge in [0.05, 0.1) is 0 Å². The van der Waals surface area contributed by atoms with Crippen molar-refractivity contribution < 1.29 is 13.2 Å². The Balaban J connectivity index is 1.37. The molecule has 1 saturated heterocycles. The van der Waals surface area contributed by atoms with Crippen LogP contribution in [-0.4, -0.2) is 44.1 Å². The Kier molecular flexibility index (Phi) is 5.30. The molecule has 148 valence electrons. The van der Waals surface area contributed by atoms with Crippen LogP contribution >= 0.6 is 0 Å². The van der Waals surface area contributed by atoms with Crippen molar-refractivity contribution >= 4 is 5.78 Å². The molecule has 1 aliphatic rings. The van der Waals surface area contributed by atoms with Crippen LogP contribution in [-0.2, 0) is 12.6 Å². The number of aromatic nitrogens is 4. The number of nitrogens with zero attached hydrogens (tertiary/aromatic N) is 5. The van der Waals surface area contributed by atoms with Gasteiger partial charge in [-0.15, -0.1) is 0 Å². The summed E-state index contributed by atoms with van der Waals surface area (Å²) in [6, 6.07) is 11.5. The summed E-state index contributed by atoms with van der Waals surface area (Å²) in [5, 5.41) is 3.66. The number of piperidine rings is 1. The zero-order valence-electron chi connectivity index (χ0n) is 15.4. The molecule has 1 aliphatic heterocycles. The van der Waals surface area contributed by atoms with E-state index in [9.17, 15) is 13.2 Å². The normalized spacial score (nSPS) is 16.7. The second kappa shape index (κ2) is 7.87. The van der Waals surface area contributed by atoms with Crippen LogP contribution in [0.5, 0.6) is 0 Å². The van der Waals surface area contributed by atoms with E-state index < -0.39 is 11.9 Å². The first-order valence-corrected chi connectivity index (χ1v) is 9.55. The average Bonchev–Trinajstić information content (AvgIpc) is 3.16. The third kappa shape index (κ3) is 4.16. The highest BCUT2D eigenvalue weighted by molar-refractivity contribution is 5.33. The van der Waals surface area contributed by atoms with Crippen molar-refractivity contribution in [2.45, 2.75) is 37.8 Å². The van der Waals surface area contributed by atoms with E-state index in [-0.39, 0.29) is 11.7 Å². The number of benzene rings is 1. The standard InChI is InChI=1S/C20H22F3N5/c21-20(22,23)18-13-17(26-19-24-14-25-28(18)19)16-8-11-27(12-9-16)10-4-7-15-5-2-1-3-6-15/h1-3,5-6,13-14,16H,4,7-12H2. The Bertz CT molecular complexity index is 914.